The molecule has 0 spiro atoms. The highest BCUT2D eigenvalue weighted by molar-refractivity contribution is 5.83. The molecule has 0 fully saturated rings. The average molecular weight is 260 g/mol. The summed E-state index contributed by atoms with van der Waals surface area (Å²) in [6.07, 6.45) is 2.48. The molecule has 0 amide bonds. The van der Waals surface area contributed by atoms with Crippen LogP contribution in [0.25, 0.3) is 0 Å². The second kappa shape index (κ2) is 6.04. The van der Waals surface area contributed by atoms with Gasteiger partial charge in [0.15, 0.2) is 0 Å². The molecule has 1 aromatic carbocycles. The van der Waals surface area contributed by atoms with Gasteiger partial charge in [-0.15, -0.1) is 0 Å². The number of carboxylic acids is 1. The fourth-order valence-electron chi connectivity index (χ4n) is 1.76. The highest BCUT2D eigenvalue weighted by atomic mass is 16.5. The molecule has 0 aliphatic carbocycles. The summed E-state index contributed by atoms with van der Waals surface area (Å²) >= 11 is 0. The maximum atomic E-state index is 11.1. The van der Waals surface area contributed by atoms with Crippen LogP contribution in [0.15, 0.2) is 36.5 Å². The van der Waals surface area contributed by atoms with E-state index in [1.54, 1.807) is 10.8 Å². The van der Waals surface area contributed by atoms with Crippen molar-refractivity contribution in [3.05, 3.63) is 48.0 Å². The summed E-state index contributed by atoms with van der Waals surface area (Å²) in [5.41, 5.74) is 0.775. The standard InChI is InChI=1S/C14H16N2O3/c1-2-11-10-16(13(15-11)14(17)18)8-9-19-12-6-4-3-5-7-12/h3-7,10H,2,8-9H2,1H3,(H,17,18). The van der Waals surface area contributed by atoms with Crippen LogP contribution in [0.2, 0.25) is 0 Å². The van der Waals surface area contributed by atoms with Crippen LogP contribution in [0.4, 0.5) is 0 Å². The molecule has 0 unspecified atom stereocenters. The molecule has 2 aromatic rings. The van der Waals surface area contributed by atoms with Gasteiger partial charge in [-0.25, -0.2) is 9.78 Å². The van der Waals surface area contributed by atoms with Crippen molar-refractivity contribution in [3.63, 3.8) is 0 Å². The number of hydrogen-bond donors (Lipinski definition) is 1. The van der Waals surface area contributed by atoms with Gasteiger partial charge in [0, 0.05) is 6.20 Å². The van der Waals surface area contributed by atoms with Crippen LogP contribution >= 0.6 is 0 Å². The molecule has 0 saturated heterocycles. The van der Waals surface area contributed by atoms with Crippen LogP contribution < -0.4 is 4.74 Å². The van der Waals surface area contributed by atoms with Crippen LogP contribution in [-0.2, 0) is 13.0 Å². The maximum Gasteiger partial charge on any atom is 0.372 e. The number of carboxylic acid groups (broad SMARTS) is 1. The maximum absolute atomic E-state index is 11.1. The van der Waals surface area contributed by atoms with Gasteiger partial charge in [-0.3, -0.25) is 0 Å². The minimum Gasteiger partial charge on any atom is -0.492 e. The van der Waals surface area contributed by atoms with Crippen molar-refractivity contribution < 1.29 is 14.6 Å². The number of hydrogen-bond acceptors (Lipinski definition) is 3. The molecule has 1 heterocycles. The smallest absolute Gasteiger partial charge is 0.372 e. The summed E-state index contributed by atoms with van der Waals surface area (Å²) in [5.74, 6) is -0.178. The van der Waals surface area contributed by atoms with Gasteiger partial charge >= 0.3 is 5.97 Å². The number of ether oxygens (including phenoxy) is 1. The molecule has 0 aliphatic rings. The van der Waals surface area contributed by atoms with E-state index in [0.29, 0.717) is 19.6 Å². The first kappa shape index (κ1) is 13.1. The van der Waals surface area contributed by atoms with E-state index < -0.39 is 5.97 Å². The van der Waals surface area contributed by atoms with E-state index in [0.717, 1.165) is 11.4 Å². The lowest BCUT2D eigenvalue weighted by Gasteiger charge is -2.07. The fourth-order valence-corrected chi connectivity index (χ4v) is 1.76. The van der Waals surface area contributed by atoms with Gasteiger partial charge in [-0.2, -0.15) is 0 Å². The van der Waals surface area contributed by atoms with Crippen molar-refractivity contribution in [1.29, 1.82) is 0 Å². The highest BCUT2D eigenvalue weighted by Crippen LogP contribution is 2.09. The summed E-state index contributed by atoms with van der Waals surface area (Å²) in [6.45, 7) is 2.81. The van der Waals surface area contributed by atoms with Crippen molar-refractivity contribution in [2.24, 2.45) is 0 Å². The number of rotatable bonds is 6. The van der Waals surface area contributed by atoms with Crippen LogP contribution in [0.1, 0.15) is 23.2 Å². The zero-order valence-electron chi connectivity index (χ0n) is 10.7. The predicted octanol–water partition coefficient (Wildman–Crippen LogP) is 2.22. The Hall–Kier alpha value is -2.30. The molecule has 0 saturated carbocycles. The molecule has 100 valence electrons. The molecule has 19 heavy (non-hydrogen) atoms. The highest BCUT2D eigenvalue weighted by Gasteiger charge is 2.13. The molecule has 2 rings (SSSR count). The largest absolute Gasteiger partial charge is 0.492 e. The van der Waals surface area contributed by atoms with Gasteiger partial charge in [0.1, 0.15) is 12.4 Å². The molecule has 0 radical (unpaired) electrons. The lowest BCUT2D eigenvalue weighted by atomic mass is 10.3. The van der Waals surface area contributed by atoms with E-state index in [4.69, 9.17) is 9.84 Å². The number of benzene rings is 1. The molecule has 5 heteroatoms. The first-order valence-corrected chi connectivity index (χ1v) is 6.18. The zero-order valence-corrected chi connectivity index (χ0v) is 10.7. The van der Waals surface area contributed by atoms with Gasteiger partial charge in [0.05, 0.1) is 12.2 Å². The number of aryl methyl sites for hydroxylation is 1. The van der Waals surface area contributed by atoms with E-state index in [1.165, 1.54) is 0 Å². The minimum atomic E-state index is -1.01. The second-order valence-corrected chi connectivity index (χ2v) is 4.07. The number of carbonyl (C=O) groups is 1. The van der Waals surface area contributed by atoms with Crippen molar-refractivity contribution in [2.75, 3.05) is 6.61 Å². The van der Waals surface area contributed by atoms with Crippen LogP contribution in [0.5, 0.6) is 5.75 Å². The molecular weight excluding hydrogens is 244 g/mol. The Morgan fingerprint density at radius 2 is 2.11 bits per heavy atom. The molecule has 0 atom stereocenters. The Morgan fingerprint density at radius 1 is 1.37 bits per heavy atom. The summed E-state index contributed by atoms with van der Waals surface area (Å²) in [7, 11) is 0. The molecule has 1 N–H and O–H groups in total. The quantitative estimate of drug-likeness (QED) is 0.865. The lowest BCUT2D eigenvalue weighted by molar-refractivity contribution is 0.0677. The average Bonchev–Trinajstić information content (AvgIpc) is 2.83. The monoisotopic (exact) mass is 260 g/mol. The normalized spacial score (nSPS) is 10.4. The van der Waals surface area contributed by atoms with E-state index >= 15 is 0 Å². The van der Waals surface area contributed by atoms with Gasteiger partial charge in [0.25, 0.3) is 0 Å². The van der Waals surface area contributed by atoms with Crippen LogP contribution in [0.3, 0.4) is 0 Å². The van der Waals surface area contributed by atoms with Gasteiger partial charge in [-0.1, -0.05) is 25.1 Å². The molecule has 5 nitrogen and oxygen atoms in total. The summed E-state index contributed by atoms with van der Waals surface area (Å²) in [5, 5.41) is 9.07. The van der Waals surface area contributed by atoms with E-state index in [-0.39, 0.29) is 5.82 Å². The zero-order chi connectivity index (χ0) is 13.7. The number of para-hydroxylation sites is 1. The summed E-state index contributed by atoms with van der Waals surface area (Å²) in [6, 6.07) is 9.43. The third kappa shape index (κ3) is 3.34. The van der Waals surface area contributed by atoms with Gasteiger partial charge in [-0.05, 0) is 18.6 Å². The van der Waals surface area contributed by atoms with E-state index in [1.807, 2.05) is 37.3 Å². The number of aromatic carboxylic acids is 1. The molecular formula is C14H16N2O3. The molecule has 0 bridgehead atoms. The Morgan fingerprint density at radius 3 is 2.74 bits per heavy atom. The van der Waals surface area contributed by atoms with Crippen molar-refractivity contribution in [3.8, 4) is 5.75 Å². The lowest BCUT2D eigenvalue weighted by Crippen LogP contribution is -2.13. The Labute approximate surface area is 111 Å². The SMILES string of the molecule is CCc1cn(CCOc2ccccc2)c(C(=O)O)n1. The van der Waals surface area contributed by atoms with Crippen molar-refractivity contribution in [2.45, 2.75) is 19.9 Å². The predicted molar refractivity (Wildman–Crippen MR) is 70.5 cm³/mol. The molecule has 1 aromatic heterocycles. The second-order valence-electron chi connectivity index (χ2n) is 4.07. The van der Waals surface area contributed by atoms with E-state index in [9.17, 15) is 4.79 Å². The van der Waals surface area contributed by atoms with Crippen LogP contribution in [0, 0.1) is 0 Å². The molecule has 0 aliphatic heterocycles. The van der Waals surface area contributed by atoms with E-state index in [2.05, 4.69) is 4.98 Å². The first-order chi connectivity index (χ1) is 9.20. The Bertz CT molecular complexity index is 549. The topological polar surface area (TPSA) is 64.3 Å². The van der Waals surface area contributed by atoms with Crippen LogP contribution in [-0.4, -0.2) is 27.2 Å². The first-order valence-electron chi connectivity index (χ1n) is 6.18. The van der Waals surface area contributed by atoms with Gasteiger partial charge in [0.2, 0.25) is 5.82 Å². The Kier molecular flexibility index (Phi) is 4.18. The number of nitrogens with zero attached hydrogens (tertiary/aromatic N) is 2. The third-order valence-electron chi connectivity index (χ3n) is 2.72. The van der Waals surface area contributed by atoms with Crippen molar-refractivity contribution >= 4 is 5.97 Å². The summed E-state index contributed by atoms with van der Waals surface area (Å²) in [4.78, 5) is 15.1. The minimum absolute atomic E-state index is 0.0634. The summed E-state index contributed by atoms with van der Waals surface area (Å²) < 4.78 is 7.16. The number of imidazole rings is 1. The number of aromatic nitrogens is 2. The Balaban J connectivity index is 1.99. The van der Waals surface area contributed by atoms with Crippen molar-refractivity contribution in [1.82, 2.24) is 9.55 Å². The van der Waals surface area contributed by atoms with Gasteiger partial charge < -0.3 is 14.4 Å². The fraction of sp³-hybridized carbons (Fsp3) is 0.286. The third-order valence-corrected chi connectivity index (χ3v) is 2.72.